The van der Waals surface area contributed by atoms with Gasteiger partial charge in [-0.25, -0.2) is 9.36 Å². The van der Waals surface area contributed by atoms with Gasteiger partial charge in [0.15, 0.2) is 0 Å². The predicted molar refractivity (Wildman–Crippen MR) is 98.1 cm³/mol. The van der Waals surface area contributed by atoms with Crippen molar-refractivity contribution in [3.63, 3.8) is 0 Å². The van der Waals surface area contributed by atoms with Crippen LogP contribution in [0.3, 0.4) is 0 Å². The molecule has 0 unspecified atom stereocenters. The first-order valence-corrected chi connectivity index (χ1v) is 8.70. The number of hydrogen-bond acceptors (Lipinski definition) is 3. The number of aromatic nitrogens is 2. The lowest BCUT2D eigenvalue weighted by atomic mass is 9.90. The number of nitrogens with two attached hydrogens (primary N) is 1. The summed E-state index contributed by atoms with van der Waals surface area (Å²) in [6.45, 7) is 0.784. The van der Waals surface area contributed by atoms with E-state index >= 15 is 0 Å². The zero-order chi connectivity index (χ0) is 18.3. The molecule has 0 radical (unpaired) electrons. The molecule has 1 aromatic heterocycles. The molecule has 4 N–H and O–H groups in total. The third-order valence-corrected chi connectivity index (χ3v) is 5.05. The summed E-state index contributed by atoms with van der Waals surface area (Å²) in [5.74, 6) is -0.384. The normalized spacial score (nSPS) is 16.3. The van der Waals surface area contributed by atoms with Crippen LogP contribution < -0.4 is 16.6 Å². The van der Waals surface area contributed by atoms with Crippen molar-refractivity contribution in [2.24, 2.45) is 0 Å². The van der Waals surface area contributed by atoms with Crippen molar-refractivity contribution in [2.75, 3.05) is 6.54 Å². The van der Waals surface area contributed by atoms with Crippen LogP contribution in [-0.4, -0.2) is 21.2 Å². The SMILES string of the molecule is O=c1[nH]c(=O)n(-c2ccccc2Cl)c(O)c1[C@@H]1[NH2+]CCc2ccccc21. The maximum Gasteiger partial charge on any atom is 0.335 e. The summed E-state index contributed by atoms with van der Waals surface area (Å²) in [5, 5.41) is 13.2. The van der Waals surface area contributed by atoms with Gasteiger partial charge in [0.2, 0.25) is 5.88 Å². The Hall–Kier alpha value is -2.83. The van der Waals surface area contributed by atoms with E-state index in [1.165, 1.54) is 0 Å². The van der Waals surface area contributed by atoms with Crippen molar-refractivity contribution in [1.82, 2.24) is 9.55 Å². The molecule has 1 aliphatic rings. The van der Waals surface area contributed by atoms with Gasteiger partial charge in [-0.05, 0) is 17.7 Å². The number of aromatic hydroxyl groups is 1. The number of hydrogen-bond donors (Lipinski definition) is 3. The quantitative estimate of drug-likeness (QED) is 0.630. The molecule has 132 valence electrons. The van der Waals surface area contributed by atoms with Gasteiger partial charge in [0, 0.05) is 12.0 Å². The van der Waals surface area contributed by atoms with E-state index in [9.17, 15) is 14.7 Å². The molecule has 0 spiro atoms. The average Bonchev–Trinajstić information content (AvgIpc) is 2.63. The van der Waals surface area contributed by atoms with Crippen LogP contribution in [0.25, 0.3) is 5.69 Å². The van der Waals surface area contributed by atoms with Crippen molar-refractivity contribution >= 4 is 11.6 Å². The number of quaternary nitrogens is 1. The standard InChI is InChI=1S/C19H16ClN3O3/c20-13-7-3-4-8-14(13)23-18(25)15(17(24)22-19(23)26)16-12-6-2-1-5-11(12)9-10-21-16/h1-8,16,21,25H,9-10H2,(H,22,24,26)/p+1/t16-/m1/s1. The lowest BCUT2D eigenvalue weighted by Gasteiger charge is -2.24. The molecule has 0 amide bonds. The molecule has 1 aliphatic heterocycles. The van der Waals surface area contributed by atoms with Gasteiger partial charge in [-0.15, -0.1) is 0 Å². The lowest BCUT2D eigenvalue weighted by Crippen LogP contribution is -2.87. The highest BCUT2D eigenvalue weighted by molar-refractivity contribution is 6.32. The van der Waals surface area contributed by atoms with Crippen molar-refractivity contribution in [3.8, 4) is 11.6 Å². The van der Waals surface area contributed by atoms with E-state index in [2.05, 4.69) is 4.98 Å². The number of para-hydroxylation sites is 1. The Balaban J connectivity index is 1.98. The largest absolute Gasteiger partial charge is 0.494 e. The van der Waals surface area contributed by atoms with E-state index in [-0.39, 0.29) is 11.4 Å². The molecule has 7 heteroatoms. The molecule has 0 saturated heterocycles. The fraction of sp³-hybridized carbons (Fsp3) is 0.158. The van der Waals surface area contributed by atoms with Crippen LogP contribution in [0, 0.1) is 0 Å². The van der Waals surface area contributed by atoms with Gasteiger partial charge >= 0.3 is 5.69 Å². The first kappa shape index (κ1) is 16.6. The lowest BCUT2D eigenvalue weighted by molar-refractivity contribution is -0.690. The summed E-state index contributed by atoms with van der Waals surface area (Å²) < 4.78 is 1.05. The Bertz CT molecular complexity index is 1100. The maximum absolute atomic E-state index is 12.6. The Morgan fingerprint density at radius 3 is 2.65 bits per heavy atom. The molecule has 1 atom stereocenters. The number of benzene rings is 2. The van der Waals surface area contributed by atoms with Crippen molar-refractivity contribution in [2.45, 2.75) is 12.5 Å². The molecule has 3 aromatic rings. The summed E-state index contributed by atoms with van der Waals surface area (Å²) >= 11 is 6.19. The van der Waals surface area contributed by atoms with Gasteiger partial charge in [0.25, 0.3) is 5.56 Å². The van der Waals surface area contributed by atoms with E-state index in [0.29, 0.717) is 10.7 Å². The van der Waals surface area contributed by atoms with Crippen LogP contribution in [0.15, 0.2) is 58.1 Å². The molecular weight excluding hydrogens is 354 g/mol. The fourth-order valence-electron chi connectivity index (χ4n) is 3.55. The minimum Gasteiger partial charge on any atom is -0.494 e. The fourth-order valence-corrected chi connectivity index (χ4v) is 3.77. The second kappa shape index (κ2) is 6.48. The number of halogens is 1. The summed E-state index contributed by atoms with van der Waals surface area (Å²) in [4.78, 5) is 27.2. The zero-order valence-corrected chi connectivity index (χ0v) is 14.5. The van der Waals surface area contributed by atoms with Crippen molar-refractivity contribution in [3.05, 3.63) is 91.1 Å². The van der Waals surface area contributed by atoms with Crippen LogP contribution in [0.4, 0.5) is 0 Å². The van der Waals surface area contributed by atoms with Gasteiger partial charge in [0.05, 0.1) is 17.3 Å². The third-order valence-electron chi connectivity index (χ3n) is 4.73. The van der Waals surface area contributed by atoms with Crippen LogP contribution >= 0.6 is 11.6 Å². The Kier molecular flexibility index (Phi) is 4.14. The molecule has 0 aliphatic carbocycles. The highest BCUT2D eigenvalue weighted by Gasteiger charge is 2.32. The Morgan fingerprint density at radius 2 is 1.85 bits per heavy atom. The summed E-state index contributed by atoms with van der Waals surface area (Å²) in [6, 6.07) is 14.1. The van der Waals surface area contributed by atoms with Gasteiger partial charge in [0.1, 0.15) is 11.6 Å². The Morgan fingerprint density at radius 1 is 1.12 bits per heavy atom. The number of H-pyrrole nitrogens is 1. The molecule has 0 bridgehead atoms. The number of nitrogens with one attached hydrogen (secondary N) is 1. The maximum atomic E-state index is 12.6. The molecule has 0 saturated carbocycles. The smallest absolute Gasteiger partial charge is 0.335 e. The van der Waals surface area contributed by atoms with Crippen molar-refractivity contribution < 1.29 is 10.4 Å². The van der Waals surface area contributed by atoms with Crippen LogP contribution in [0.1, 0.15) is 22.7 Å². The molecular formula is C19H17ClN3O3+. The highest BCUT2D eigenvalue weighted by Crippen LogP contribution is 2.29. The molecule has 6 nitrogen and oxygen atoms in total. The van der Waals surface area contributed by atoms with E-state index in [1.807, 2.05) is 29.6 Å². The first-order valence-electron chi connectivity index (χ1n) is 8.32. The van der Waals surface area contributed by atoms with Gasteiger partial charge < -0.3 is 10.4 Å². The predicted octanol–water partition coefficient (Wildman–Crippen LogP) is 1.09. The highest BCUT2D eigenvalue weighted by atomic mass is 35.5. The minimum atomic E-state index is -0.728. The van der Waals surface area contributed by atoms with E-state index in [1.54, 1.807) is 24.3 Å². The summed E-state index contributed by atoms with van der Waals surface area (Å²) in [6.07, 6.45) is 0.884. The number of nitrogens with zero attached hydrogens (tertiary/aromatic N) is 1. The molecule has 4 rings (SSSR count). The molecule has 26 heavy (non-hydrogen) atoms. The molecule has 2 aromatic carbocycles. The summed E-state index contributed by atoms with van der Waals surface area (Å²) in [5.41, 5.74) is 1.25. The molecule has 0 fully saturated rings. The van der Waals surface area contributed by atoms with Crippen LogP contribution in [0.2, 0.25) is 5.02 Å². The average molecular weight is 371 g/mol. The first-order chi connectivity index (χ1) is 12.6. The zero-order valence-electron chi connectivity index (χ0n) is 13.8. The number of rotatable bonds is 2. The monoisotopic (exact) mass is 370 g/mol. The third kappa shape index (κ3) is 2.64. The summed E-state index contributed by atoms with van der Waals surface area (Å²) in [7, 11) is 0. The van der Waals surface area contributed by atoms with E-state index < -0.39 is 17.3 Å². The van der Waals surface area contributed by atoms with Gasteiger partial charge in [-0.3, -0.25) is 9.78 Å². The second-order valence-electron chi connectivity index (χ2n) is 6.23. The van der Waals surface area contributed by atoms with Gasteiger partial charge in [-0.2, -0.15) is 0 Å². The number of aromatic amines is 1. The Labute approximate surface area is 153 Å². The van der Waals surface area contributed by atoms with E-state index in [4.69, 9.17) is 11.6 Å². The van der Waals surface area contributed by atoms with E-state index in [0.717, 1.165) is 28.7 Å². The topological polar surface area (TPSA) is 91.7 Å². The number of fused-ring (bicyclic) bond motifs is 1. The second-order valence-corrected chi connectivity index (χ2v) is 6.64. The van der Waals surface area contributed by atoms with Crippen LogP contribution in [0.5, 0.6) is 5.88 Å². The van der Waals surface area contributed by atoms with Crippen molar-refractivity contribution in [1.29, 1.82) is 0 Å². The minimum absolute atomic E-state index is 0.150. The molecule has 2 heterocycles. The van der Waals surface area contributed by atoms with Crippen LogP contribution in [-0.2, 0) is 6.42 Å². The van der Waals surface area contributed by atoms with Gasteiger partial charge in [-0.1, -0.05) is 48.0 Å².